The van der Waals surface area contributed by atoms with Crippen LogP contribution in [0.5, 0.6) is 0 Å². The predicted octanol–water partition coefficient (Wildman–Crippen LogP) is 1.27. The van der Waals surface area contributed by atoms with E-state index in [4.69, 9.17) is 0 Å². The molecule has 9 heavy (non-hydrogen) atoms. The number of nitrogens with zero attached hydrogens (tertiary/aromatic N) is 1. The summed E-state index contributed by atoms with van der Waals surface area (Å²) in [6.07, 6.45) is -2.44. The molecule has 0 radical (unpaired) electrons. The van der Waals surface area contributed by atoms with Crippen LogP contribution in [0.4, 0.5) is 13.2 Å². The zero-order chi connectivity index (χ0) is 6.91. The lowest BCUT2D eigenvalue weighted by atomic mass is 10.8. The Hall–Kier alpha value is -0.870. The lowest BCUT2D eigenvalue weighted by Crippen LogP contribution is -2.31. The van der Waals surface area contributed by atoms with E-state index in [1.807, 2.05) is 0 Å². The van der Waals surface area contributed by atoms with Crippen LogP contribution in [0.2, 0.25) is 0 Å². The van der Waals surface area contributed by atoms with E-state index in [0.717, 1.165) is 12.5 Å². The lowest BCUT2D eigenvalue weighted by molar-refractivity contribution is -0.236. The largest absolute Gasteiger partial charge is 0.487 e. The SMILES string of the molecule is FC(F)(F)N1C=COC1. The van der Waals surface area contributed by atoms with Crippen molar-refractivity contribution in [1.29, 1.82) is 0 Å². The molecule has 0 fully saturated rings. The Balaban J connectivity index is 2.53. The highest BCUT2D eigenvalue weighted by molar-refractivity contribution is 4.81. The fourth-order valence-corrected chi connectivity index (χ4v) is 0.441. The van der Waals surface area contributed by atoms with Crippen LogP contribution in [0, 0.1) is 0 Å². The Labute approximate surface area is 49.5 Å². The Morgan fingerprint density at radius 2 is 2.11 bits per heavy atom. The highest BCUT2D eigenvalue weighted by Gasteiger charge is 2.36. The normalized spacial score (nSPS) is 18.3. The van der Waals surface area contributed by atoms with Gasteiger partial charge in [0.05, 0.1) is 0 Å². The van der Waals surface area contributed by atoms with Gasteiger partial charge < -0.3 is 4.74 Å². The number of halogens is 3. The summed E-state index contributed by atoms with van der Waals surface area (Å²) < 4.78 is 39.0. The van der Waals surface area contributed by atoms with Gasteiger partial charge in [-0.1, -0.05) is 0 Å². The molecular weight excluding hydrogens is 135 g/mol. The van der Waals surface area contributed by atoms with E-state index in [1.54, 1.807) is 0 Å². The number of rotatable bonds is 0. The minimum atomic E-state index is -4.30. The van der Waals surface area contributed by atoms with Crippen LogP contribution in [0.15, 0.2) is 12.5 Å². The molecule has 0 aromatic rings. The second-order valence-corrected chi connectivity index (χ2v) is 1.52. The molecule has 5 heteroatoms. The maximum atomic E-state index is 11.6. The van der Waals surface area contributed by atoms with Crippen molar-refractivity contribution in [2.75, 3.05) is 6.73 Å². The molecule has 0 saturated carbocycles. The van der Waals surface area contributed by atoms with Crippen LogP contribution in [0.1, 0.15) is 0 Å². The van der Waals surface area contributed by atoms with Crippen LogP contribution in [-0.4, -0.2) is 17.9 Å². The zero-order valence-corrected chi connectivity index (χ0v) is 4.35. The van der Waals surface area contributed by atoms with Crippen molar-refractivity contribution in [3.63, 3.8) is 0 Å². The van der Waals surface area contributed by atoms with Gasteiger partial charge in [-0.25, -0.2) is 0 Å². The molecule has 0 unspecified atom stereocenters. The summed E-state index contributed by atoms with van der Waals surface area (Å²) in [4.78, 5) is 0.146. The monoisotopic (exact) mass is 139 g/mol. The van der Waals surface area contributed by atoms with E-state index >= 15 is 0 Å². The first-order valence-electron chi connectivity index (χ1n) is 2.22. The van der Waals surface area contributed by atoms with Gasteiger partial charge in [-0.2, -0.15) is 0 Å². The summed E-state index contributed by atoms with van der Waals surface area (Å²) in [5.74, 6) is 0. The Kier molecular flexibility index (Phi) is 1.27. The minimum Gasteiger partial charge on any atom is -0.479 e. The number of hydrogen-bond acceptors (Lipinski definition) is 2. The van der Waals surface area contributed by atoms with E-state index in [2.05, 4.69) is 4.74 Å². The van der Waals surface area contributed by atoms with Gasteiger partial charge in [0.1, 0.15) is 6.26 Å². The molecule has 0 bridgehead atoms. The maximum Gasteiger partial charge on any atom is 0.487 e. The standard InChI is InChI=1S/C4H4F3NO/c5-4(6,7)8-1-2-9-3-8/h1-2H,3H2. The molecule has 1 aliphatic heterocycles. The fraction of sp³-hybridized carbons (Fsp3) is 0.500. The van der Waals surface area contributed by atoms with E-state index in [0.29, 0.717) is 0 Å². The number of alkyl halides is 3. The molecule has 0 amide bonds. The van der Waals surface area contributed by atoms with Crippen molar-refractivity contribution in [3.05, 3.63) is 12.5 Å². The summed E-state index contributed by atoms with van der Waals surface area (Å²) in [5, 5.41) is 0. The van der Waals surface area contributed by atoms with Gasteiger partial charge in [-0.3, -0.25) is 4.90 Å². The molecule has 52 valence electrons. The molecule has 0 aliphatic carbocycles. The molecule has 1 heterocycles. The van der Waals surface area contributed by atoms with E-state index in [9.17, 15) is 13.2 Å². The smallest absolute Gasteiger partial charge is 0.479 e. The fourth-order valence-electron chi connectivity index (χ4n) is 0.441. The van der Waals surface area contributed by atoms with Crippen LogP contribution in [-0.2, 0) is 4.74 Å². The summed E-state index contributed by atoms with van der Waals surface area (Å²) >= 11 is 0. The topological polar surface area (TPSA) is 12.5 Å². The van der Waals surface area contributed by atoms with Crippen LogP contribution >= 0.6 is 0 Å². The Bertz CT molecular complexity index is 130. The predicted molar refractivity (Wildman–Crippen MR) is 23.0 cm³/mol. The molecule has 0 saturated heterocycles. The number of hydrogen-bond donors (Lipinski definition) is 0. The molecule has 1 rings (SSSR count). The van der Waals surface area contributed by atoms with Gasteiger partial charge >= 0.3 is 6.30 Å². The van der Waals surface area contributed by atoms with Crippen LogP contribution in [0.3, 0.4) is 0 Å². The van der Waals surface area contributed by atoms with Gasteiger partial charge in [0.2, 0.25) is 0 Å². The first-order chi connectivity index (χ1) is 4.11. The molecule has 0 aromatic heterocycles. The van der Waals surface area contributed by atoms with Crippen molar-refractivity contribution in [2.24, 2.45) is 0 Å². The molecule has 0 aromatic carbocycles. The van der Waals surface area contributed by atoms with E-state index in [-0.39, 0.29) is 4.90 Å². The third-order valence-electron chi connectivity index (χ3n) is 0.876. The van der Waals surface area contributed by atoms with Crippen LogP contribution in [0.25, 0.3) is 0 Å². The van der Waals surface area contributed by atoms with Crippen molar-refractivity contribution in [2.45, 2.75) is 6.30 Å². The molecule has 0 N–H and O–H groups in total. The quantitative estimate of drug-likeness (QED) is 0.468. The lowest BCUT2D eigenvalue weighted by Gasteiger charge is -2.16. The zero-order valence-electron chi connectivity index (χ0n) is 4.35. The third-order valence-corrected chi connectivity index (χ3v) is 0.876. The summed E-state index contributed by atoms with van der Waals surface area (Å²) in [6.45, 7) is -0.427. The Morgan fingerprint density at radius 1 is 1.44 bits per heavy atom. The third kappa shape index (κ3) is 1.28. The molecule has 1 aliphatic rings. The van der Waals surface area contributed by atoms with Gasteiger partial charge in [0.15, 0.2) is 6.73 Å². The summed E-state index contributed by atoms with van der Waals surface area (Å²) in [6, 6.07) is 0. The van der Waals surface area contributed by atoms with Crippen molar-refractivity contribution >= 4 is 0 Å². The van der Waals surface area contributed by atoms with Gasteiger partial charge in [0, 0.05) is 6.20 Å². The molecule has 0 atom stereocenters. The summed E-state index contributed by atoms with van der Waals surface area (Å²) in [7, 11) is 0. The second kappa shape index (κ2) is 1.82. The first-order valence-corrected chi connectivity index (χ1v) is 2.22. The molecular formula is C4H4F3NO. The Morgan fingerprint density at radius 3 is 2.33 bits per heavy atom. The van der Waals surface area contributed by atoms with Gasteiger partial charge in [-0.15, -0.1) is 13.2 Å². The van der Waals surface area contributed by atoms with Gasteiger partial charge in [-0.05, 0) is 0 Å². The van der Waals surface area contributed by atoms with E-state index in [1.165, 1.54) is 0 Å². The molecule has 0 spiro atoms. The van der Waals surface area contributed by atoms with Crippen molar-refractivity contribution < 1.29 is 17.9 Å². The van der Waals surface area contributed by atoms with Gasteiger partial charge in [0.25, 0.3) is 0 Å². The molecule has 2 nitrogen and oxygen atoms in total. The van der Waals surface area contributed by atoms with Crippen LogP contribution < -0.4 is 0 Å². The number of ether oxygens (including phenoxy) is 1. The minimum absolute atomic E-state index is 0.146. The average Bonchev–Trinajstić information content (AvgIpc) is 2.08. The maximum absolute atomic E-state index is 11.6. The van der Waals surface area contributed by atoms with E-state index < -0.39 is 13.0 Å². The van der Waals surface area contributed by atoms with Crippen molar-refractivity contribution in [3.8, 4) is 0 Å². The highest BCUT2D eigenvalue weighted by atomic mass is 19.4. The first kappa shape index (κ1) is 6.25. The second-order valence-electron chi connectivity index (χ2n) is 1.52. The van der Waals surface area contributed by atoms with Crippen molar-refractivity contribution in [1.82, 2.24) is 4.90 Å². The highest BCUT2D eigenvalue weighted by Crippen LogP contribution is 2.23. The average molecular weight is 139 g/mol. The summed E-state index contributed by atoms with van der Waals surface area (Å²) in [5.41, 5.74) is 0.